The predicted octanol–water partition coefficient (Wildman–Crippen LogP) is 2.14. The third-order valence-electron chi connectivity index (χ3n) is 5.18. The number of nitro groups is 1. The van der Waals surface area contributed by atoms with Crippen LogP contribution in [0.5, 0.6) is 0 Å². The fourth-order valence-corrected chi connectivity index (χ4v) is 3.94. The van der Waals surface area contributed by atoms with Crippen LogP contribution in [0.15, 0.2) is 24.3 Å². The molecule has 2 N–H and O–H groups in total. The molecule has 0 bridgehead atoms. The van der Waals surface area contributed by atoms with Crippen molar-refractivity contribution >= 4 is 17.3 Å². The van der Waals surface area contributed by atoms with Gasteiger partial charge in [0.1, 0.15) is 5.69 Å². The van der Waals surface area contributed by atoms with E-state index in [2.05, 4.69) is 15.5 Å². The lowest BCUT2D eigenvalue weighted by molar-refractivity contribution is -0.383. The Morgan fingerprint density at radius 1 is 1.29 bits per heavy atom. The number of hydrogen-bond acceptors (Lipinski definition) is 5. The van der Waals surface area contributed by atoms with Crippen LogP contribution in [0.3, 0.4) is 0 Å². The number of rotatable bonds is 4. The SMILES string of the molecule is O=C(CN1CCNCC12CCCCC2)Nc1ccccc1[N+](=O)[O-]. The van der Waals surface area contributed by atoms with Gasteiger partial charge in [0, 0.05) is 31.2 Å². The summed E-state index contributed by atoms with van der Waals surface area (Å²) in [6, 6.07) is 6.27. The lowest BCUT2D eigenvalue weighted by atomic mass is 9.79. The maximum atomic E-state index is 12.5. The van der Waals surface area contributed by atoms with Crippen LogP contribution >= 0.6 is 0 Å². The van der Waals surface area contributed by atoms with Crippen molar-refractivity contribution in [3.63, 3.8) is 0 Å². The molecule has 1 aliphatic carbocycles. The Morgan fingerprint density at radius 3 is 2.79 bits per heavy atom. The molecule has 1 saturated heterocycles. The zero-order valence-electron chi connectivity index (χ0n) is 13.8. The number of nitrogens with one attached hydrogen (secondary N) is 2. The van der Waals surface area contributed by atoms with Gasteiger partial charge in [-0.1, -0.05) is 31.4 Å². The van der Waals surface area contributed by atoms with Gasteiger partial charge in [-0.2, -0.15) is 0 Å². The third-order valence-corrected chi connectivity index (χ3v) is 5.18. The van der Waals surface area contributed by atoms with Crippen LogP contribution in [0.25, 0.3) is 0 Å². The minimum absolute atomic E-state index is 0.0659. The number of nitro benzene ring substituents is 1. The van der Waals surface area contributed by atoms with E-state index in [4.69, 9.17) is 0 Å². The first-order valence-corrected chi connectivity index (χ1v) is 8.60. The zero-order valence-corrected chi connectivity index (χ0v) is 13.8. The first-order chi connectivity index (χ1) is 11.6. The lowest BCUT2D eigenvalue weighted by Gasteiger charge is -2.49. The van der Waals surface area contributed by atoms with E-state index in [-0.39, 0.29) is 29.4 Å². The summed E-state index contributed by atoms with van der Waals surface area (Å²) >= 11 is 0. The number of benzene rings is 1. The Labute approximate surface area is 141 Å². The van der Waals surface area contributed by atoms with Crippen molar-refractivity contribution in [2.45, 2.75) is 37.6 Å². The van der Waals surface area contributed by atoms with E-state index in [9.17, 15) is 14.9 Å². The lowest BCUT2D eigenvalue weighted by Crippen LogP contribution is -2.63. The van der Waals surface area contributed by atoms with E-state index >= 15 is 0 Å². The van der Waals surface area contributed by atoms with E-state index in [1.165, 1.54) is 25.3 Å². The first-order valence-electron chi connectivity index (χ1n) is 8.60. The van der Waals surface area contributed by atoms with Gasteiger partial charge in [0.15, 0.2) is 0 Å². The van der Waals surface area contributed by atoms with Gasteiger partial charge >= 0.3 is 0 Å². The predicted molar refractivity (Wildman–Crippen MR) is 92.0 cm³/mol. The van der Waals surface area contributed by atoms with E-state index < -0.39 is 4.92 Å². The number of anilines is 1. The van der Waals surface area contributed by atoms with Crippen molar-refractivity contribution in [1.82, 2.24) is 10.2 Å². The molecule has 2 fully saturated rings. The Kier molecular flexibility index (Phi) is 5.11. The summed E-state index contributed by atoms with van der Waals surface area (Å²) in [7, 11) is 0. The fourth-order valence-electron chi connectivity index (χ4n) is 3.94. The molecule has 1 aromatic carbocycles. The van der Waals surface area contributed by atoms with Crippen LogP contribution in [-0.4, -0.2) is 47.4 Å². The number of amides is 1. The van der Waals surface area contributed by atoms with Gasteiger partial charge in [0.2, 0.25) is 5.91 Å². The zero-order chi connectivity index (χ0) is 17.0. The van der Waals surface area contributed by atoms with E-state index in [0.29, 0.717) is 0 Å². The second kappa shape index (κ2) is 7.27. The van der Waals surface area contributed by atoms with Crippen LogP contribution < -0.4 is 10.6 Å². The number of carbonyl (C=O) groups excluding carboxylic acids is 1. The van der Waals surface area contributed by atoms with Gasteiger partial charge in [0.25, 0.3) is 5.69 Å². The van der Waals surface area contributed by atoms with Crippen LogP contribution in [0.4, 0.5) is 11.4 Å². The molecule has 24 heavy (non-hydrogen) atoms. The van der Waals surface area contributed by atoms with Gasteiger partial charge in [-0.3, -0.25) is 19.8 Å². The Bertz CT molecular complexity index is 605. The molecule has 1 spiro atoms. The summed E-state index contributed by atoms with van der Waals surface area (Å²) in [4.78, 5) is 25.4. The number of para-hydroxylation sites is 2. The topological polar surface area (TPSA) is 87.5 Å². The molecule has 0 atom stereocenters. The van der Waals surface area contributed by atoms with Gasteiger partial charge in [-0.05, 0) is 18.9 Å². The average molecular weight is 332 g/mol. The molecule has 7 heteroatoms. The molecular weight excluding hydrogens is 308 g/mol. The Hall–Kier alpha value is -1.99. The van der Waals surface area contributed by atoms with Crippen molar-refractivity contribution in [2.75, 3.05) is 31.5 Å². The first kappa shape index (κ1) is 16.9. The van der Waals surface area contributed by atoms with Crippen molar-refractivity contribution < 1.29 is 9.72 Å². The molecule has 7 nitrogen and oxygen atoms in total. The number of carbonyl (C=O) groups is 1. The van der Waals surface area contributed by atoms with Crippen molar-refractivity contribution in [2.24, 2.45) is 0 Å². The van der Waals surface area contributed by atoms with Gasteiger partial charge in [0.05, 0.1) is 11.5 Å². The van der Waals surface area contributed by atoms with Crippen molar-refractivity contribution in [3.05, 3.63) is 34.4 Å². The van der Waals surface area contributed by atoms with Gasteiger partial charge in [-0.15, -0.1) is 0 Å². The van der Waals surface area contributed by atoms with E-state index in [1.54, 1.807) is 18.2 Å². The van der Waals surface area contributed by atoms with Crippen LogP contribution in [0, 0.1) is 10.1 Å². The summed E-state index contributed by atoms with van der Waals surface area (Å²) in [6.07, 6.45) is 5.88. The van der Waals surface area contributed by atoms with E-state index in [0.717, 1.165) is 32.5 Å². The summed E-state index contributed by atoms with van der Waals surface area (Å²) in [5.41, 5.74) is 0.259. The molecule has 130 valence electrons. The molecule has 1 amide bonds. The van der Waals surface area contributed by atoms with E-state index in [1.807, 2.05) is 0 Å². The summed E-state index contributed by atoms with van der Waals surface area (Å²) in [5, 5.41) is 17.2. The highest BCUT2D eigenvalue weighted by molar-refractivity contribution is 5.94. The van der Waals surface area contributed by atoms with Crippen LogP contribution in [0.1, 0.15) is 32.1 Å². The maximum Gasteiger partial charge on any atom is 0.292 e. The molecule has 1 heterocycles. The fraction of sp³-hybridized carbons (Fsp3) is 0.588. The van der Waals surface area contributed by atoms with Crippen LogP contribution in [0.2, 0.25) is 0 Å². The average Bonchev–Trinajstić information content (AvgIpc) is 2.58. The number of hydrogen-bond donors (Lipinski definition) is 2. The largest absolute Gasteiger partial charge is 0.319 e. The minimum Gasteiger partial charge on any atom is -0.319 e. The van der Waals surface area contributed by atoms with Gasteiger partial charge < -0.3 is 10.6 Å². The summed E-state index contributed by atoms with van der Waals surface area (Å²) < 4.78 is 0. The molecule has 0 radical (unpaired) electrons. The van der Waals surface area contributed by atoms with Crippen molar-refractivity contribution in [3.8, 4) is 0 Å². The normalized spacial score (nSPS) is 20.7. The molecule has 0 unspecified atom stereocenters. The third kappa shape index (κ3) is 3.57. The van der Waals surface area contributed by atoms with Gasteiger partial charge in [-0.25, -0.2) is 0 Å². The van der Waals surface area contributed by atoms with Crippen LogP contribution in [-0.2, 0) is 4.79 Å². The number of piperazine rings is 1. The maximum absolute atomic E-state index is 12.5. The monoisotopic (exact) mass is 332 g/mol. The molecule has 3 rings (SSSR count). The molecule has 1 aromatic rings. The minimum atomic E-state index is -0.469. The standard InChI is InChI=1S/C17H24N4O3/c22-16(19-14-6-2-3-7-15(14)21(23)24)12-20-11-10-18-13-17(20)8-4-1-5-9-17/h2-3,6-7,18H,1,4-5,8-13H2,(H,19,22). The Balaban J connectivity index is 1.68. The molecule has 2 aliphatic rings. The highest BCUT2D eigenvalue weighted by Gasteiger charge is 2.40. The smallest absolute Gasteiger partial charge is 0.292 e. The van der Waals surface area contributed by atoms with Crippen molar-refractivity contribution in [1.29, 1.82) is 0 Å². The summed E-state index contributed by atoms with van der Waals surface area (Å²) in [6.45, 7) is 2.92. The second-order valence-electron chi connectivity index (χ2n) is 6.71. The molecule has 0 aromatic heterocycles. The highest BCUT2D eigenvalue weighted by Crippen LogP contribution is 2.34. The highest BCUT2D eigenvalue weighted by atomic mass is 16.6. The number of nitrogens with zero attached hydrogens (tertiary/aromatic N) is 2. The molecular formula is C17H24N4O3. The summed E-state index contributed by atoms with van der Waals surface area (Å²) in [5.74, 6) is -0.184. The second-order valence-corrected chi connectivity index (χ2v) is 6.71. The molecule has 1 aliphatic heterocycles. The quantitative estimate of drug-likeness (QED) is 0.651. The Morgan fingerprint density at radius 2 is 2.04 bits per heavy atom. The molecule has 1 saturated carbocycles.